The SMILES string of the molecule is CCc1ccc(COC(=O)c2nnn(-c3ccc(Cl)cc3)c2C)cc1. The Morgan fingerprint density at radius 2 is 1.72 bits per heavy atom. The van der Waals surface area contributed by atoms with E-state index in [4.69, 9.17) is 16.3 Å². The molecule has 1 heterocycles. The summed E-state index contributed by atoms with van der Waals surface area (Å²) in [5.74, 6) is -0.489. The number of nitrogens with zero attached hydrogens (tertiary/aromatic N) is 3. The maximum absolute atomic E-state index is 12.3. The van der Waals surface area contributed by atoms with Gasteiger partial charge in [-0.1, -0.05) is 48.0 Å². The number of ether oxygens (including phenoxy) is 1. The fourth-order valence-electron chi connectivity index (χ4n) is 2.43. The summed E-state index contributed by atoms with van der Waals surface area (Å²) in [6.07, 6.45) is 0.979. The summed E-state index contributed by atoms with van der Waals surface area (Å²) in [5.41, 5.74) is 3.79. The number of aryl methyl sites for hydroxylation is 1. The smallest absolute Gasteiger partial charge is 0.361 e. The van der Waals surface area contributed by atoms with Crippen molar-refractivity contribution in [2.45, 2.75) is 26.9 Å². The quantitative estimate of drug-likeness (QED) is 0.645. The first-order valence-corrected chi connectivity index (χ1v) is 8.39. The van der Waals surface area contributed by atoms with Crippen molar-refractivity contribution in [1.82, 2.24) is 15.0 Å². The van der Waals surface area contributed by atoms with Crippen molar-refractivity contribution in [3.05, 3.63) is 76.1 Å². The second-order valence-corrected chi connectivity index (χ2v) is 6.09. The first-order chi connectivity index (χ1) is 12.1. The predicted octanol–water partition coefficient (Wildman–Crippen LogP) is 4.15. The molecule has 0 saturated heterocycles. The fourth-order valence-corrected chi connectivity index (χ4v) is 2.56. The minimum Gasteiger partial charge on any atom is -0.456 e. The zero-order valence-electron chi connectivity index (χ0n) is 14.1. The number of rotatable bonds is 5. The second kappa shape index (κ2) is 7.49. The highest BCUT2D eigenvalue weighted by Crippen LogP contribution is 2.16. The lowest BCUT2D eigenvalue weighted by Gasteiger charge is -2.06. The highest BCUT2D eigenvalue weighted by atomic mass is 35.5. The number of esters is 1. The van der Waals surface area contributed by atoms with Gasteiger partial charge in [0.05, 0.1) is 11.4 Å². The number of carbonyl (C=O) groups excluding carboxylic acids is 1. The van der Waals surface area contributed by atoms with E-state index in [0.29, 0.717) is 10.7 Å². The molecule has 0 aliphatic carbocycles. The molecule has 0 aliphatic heterocycles. The third-order valence-electron chi connectivity index (χ3n) is 3.96. The molecule has 25 heavy (non-hydrogen) atoms. The van der Waals surface area contributed by atoms with E-state index in [2.05, 4.69) is 17.2 Å². The first kappa shape index (κ1) is 17.2. The Hall–Kier alpha value is -2.66. The minimum absolute atomic E-state index is 0.204. The lowest BCUT2D eigenvalue weighted by molar-refractivity contribution is 0.0464. The van der Waals surface area contributed by atoms with Crippen molar-refractivity contribution in [1.29, 1.82) is 0 Å². The van der Waals surface area contributed by atoms with Crippen molar-refractivity contribution in [2.24, 2.45) is 0 Å². The molecular formula is C19H18ClN3O2. The predicted molar refractivity (Wildman–Crippen MR) is 96.0 cm³/mol. The first-order valence-electron chi connectivity index (χ1n) is 8.01. The summed E-state index contributed by atoms with van der Waals surface area (Å²) in [6, 6.07) is 15.1. The van der Waals surface area contributed by atoms with Gasteiger partial charge < -0.3 is 4.74 Å². The van der Waals surface area contributed by atoms with E-state index in [1.807, 2.05) is 36.4 Å². The van der Waals surface area contributed by atoms with Crippen molar-refractivity contribution >= 4 is 17.6 Å². The van der Waals surface area contributed by atoms with Crippen LogP contribution in [0.5, 0.6) is 0 Å². The molecule has 0 amide bonds. The minimum atomic E-state index is -0.489. The molecule has 5 nitrogen and oxygen atoms in total. The van der Waals surface area contributed by atoms with Gasteiger partial charge in [0, 0.05) is 5.02 Å². The van der Waals surface area contributed by atoms with E-state index in [9.17, 15) is 4.79 Å². The van der Waals surface area contributed by atoms with Crippen LogP contribution < -0.4 is 0 Å². The van der Waals surface area contributed by atoms with Crippen LogP contribution in [0, 0.1) is 6.92 Å². The summed E-state index contributed by atoms with van der Waals surface area (Å²) >= 11 is 5.89. The standard InChI is InChI=1S/C19H18ClN3O2/c1-3-14-4-6-15(7-5-14)12-25-19(24)18-13(2)23(22-21-18)17-10-8-16(20)9-11-17/h4-11H,3,12H2,1-2H3. The molecule has 0 spiro atoms. The van der Waals surface area contributed by atoms with Gasteiger partial charge in [-0.05, 0) is 48.7 Å². The van der Waals surface area contributed by atoms with Gasteiger partial charge in [-0.3, -0.25) is 0 Å². The highest BCUT2D eigenvalue weighted by molar-refractivity contribution is 6.30. The molecule has 2 aromatic carbocycles. The van der Waals surface area contributed by atoms with Crippen LogP contribution in [0.3, 0.4) is 0 Å². The third-order valence-corrected chi connectivity index (χ3v) is 4.21. The van der Waals surface area contributed by atoms with Crippen LogP contribution in [-0.4, -0.2) is 21.0 Å². The number of carbonyl (C=O) groups is 1. The average molecular weight is 356 g/mol. The molecule has 128 valence electrons. The molecule has 0 N–H and O–H groups in total. The molecule has 6 heteroatoms. The van der Waals surface area contributed by atoms with Crippen LogP contribution in [0.15, 0.2) is 48.5 Å². The normalized spacial score (nSPS) is 10.7. The lowest BCUT2D eigenvalue weighted by atomic mass is 10.1. The zero-order valence-corrected chi connectivity index (χ0v) is 14.8. The summed E-state index contributed by atoms with van der Waals surface area (Å²) in [4.78, 5) is 12.3. The van der Waals surface area contributed by atoms with E-state index < -0.39 is 5.97 Å². The van der Waals surface area contributed by atoms with Gasteiger partial charge in [-0.2, -0.15) is 0 Å². The van der Waals surface area contributed by atoms with Gasteiger partial charge in [-0.15, -0.1) is 5.10 Å². The van der Waals surface area contributed by atoms with Crippen LogP contribution in [0.2, 0.25) is 5.02 Å². The number of hydrogen-bond acceptors (Lipinski definition) is 4. The van der Waals surface area contributed by atoms with Gasteiger partial charge in [0.2, 0.25) is 0 Å². The Bertz CT molecular complexity index is 871. The Balaban J connectivity index is 1.71. The molecule has 3 rings (SSSR count). The van der Waals surface area contributed by atoms with Gasteiger partial charge in [-0.25, -0.2) is 9.48 Å². The molecule has 0 atom stereocenters. The van der Waals surface area contributed by atoms with Crippen LogP contribution in [0.25, 0.3) is 5.69 Å². The van der Waals surface area contributed by atoms with Crippen molar-refractivity contribution < 1.29 is 9.53 Å². The van der Waals surface area contributed by atoms with Gasteiger partial charge in [0.15, 0.2) is 5.69 Å². The average Bonchev–Trinajstić information content (AvgIpc) is 3.02. The summed E-state index contributed by atoms with van der Waals surface area (Å²) in [5, 5.41) is 8.63. The van der Waals surface area contributed by atoms with Gasteiger partial charge in [0.1, 0.15) is 6.61 Å². The number of hydrogen-bond donors (Lipinski definition) is 0. The van der Waals surface area contributed by atoms with Crippen LogP contribution in [0.4, 0.5) is 0 Å². The molecule has 1 aromatic heterocycles. The van der Waals surface area contributed by atoms with E-state index in [1.165, 1.54) is 5.56 Å². The van der Waals surface area contributed by atoms with Gasteiger partial charge in [0.25, 0.3) is 0 Å². The van der Waals surface area contributed by atoms with Crippen LogP contribution in [-0.2, 0) is 17.8 Å². The number of halogens is 1. The maximum atomic E-state index is 12.3. The summed E-state index contributed by atoms with van der Waals surface area (Å²) in [7, 11) is 0. The molecule has 0 fully saturated rings. The molecule has 0 bridgehead atoms. The summed E-state index contributed by atoms with van der Waals surface area (Å²) in [6.45, 7) is 4.08. The van der Waals surface area contributed by atoms with Crippen molar-refractivity contribution in [3.8, 4) is 5.69 Å². The Labute approximate surface area is 151 Å². The van der Waals surface area contributed by atoms with Crippen LogP contribution in [0.1, 0.15) is 34.2 Å². The zero-order chi connectivity index (χ0) is 17.8. The second-order valence-electron chi connectivity index (χ2n) is 5.66. The summed E-state index contributed by atoms with van der Waals surface area (Å²) < 4.78 is 6.95. The Kier molecular flexibility index (Phi) is 5.14. The van der Waals surface area contributed by atoms with Gasteiger partial charge >= 0.3 is 5.97 Å². The monoisotopic (exact) mass is 355 g/mol. The third kappa shape index (κ3) is 3.88. The van der Waals surface area contributed by atoms with E-state index in [0.717, 1.165) is 17.7 Å². The molecule has 0 saturated carbocycles. The van der Waals surface area contributed by atoms with Crippen LogP contribution >= 0.6 is 11.6 Å². The highest BCUT2D eigenvalue weighted by Gasteiger charge is 2.18. The largest absolute Gasteiger partial charge is 0.456 e. The molecule has 3 aromatic rings. The molecule has 0 aliphatic rings. The molecule has 0 radical (unpaired) electrons. The number of benzene rings is 2. The lowest BCUT2D eigenvalue weighted by Crippen LogP contribution is -2.08. The molecular weight excluding hydrogens is 338 g/mol. The van der Waals surface area contributed by atoms with E-state index >= 15 is 0 Å². The maximum Gasteiger partial charge on any atom is 0.361 e. The van der Waals surface area contributed by atoms with E-state index in [-0.39, 0.29) is 12.3 Å². The van der Waals surface area contributed by atoms with Crippen molar-refractivity contribution in [3.63, 3.8) is 0 Å². The van der Waals surface area contributed by atoms with Crippen molar-refractivity contribution in [2.75, 3.05) is 0 Å². The Morgan fingerprint density at radius 3 is 2.36 bits per heavy atom. The number of aromatic nitrogens is 3. The van der Waals surface area contributed by atoms with E-state index in [1.54, 1.807) is 23.7 Å². The Morgan fingerprint density at radius 1 is 1.08 bits per heavy atom. The fraction of sp³-hybridized carbons (Fsp3) is 0.211. The molecule has 0 unspecified atom stereocenters. The topological polar surface area (TPSA) is 57.0 Å².